The first-order valence-electron chi connectivity index (χ1n) is 9.50. The van der Waals surface area contributed by atoms with E-state index in [4.69, 9.17) is 0 Å². The number of carbonyl (C=O) groups excluding carboxylic acids is 2. The maximum absolute atomic E-state index is 12.5. The van der Waals surface area contributed by atoms with Crippen molar-refractivity contribution in [2.45, 2.75) is 45.1 Å². The largest absolute Gasteiger partial charge is 0.341 e. The minimum absolute atomic E-state index is 0.0693. The van der Waals surface area contributed by atoms with Crippen LogP contribution in [-0.4, -0.2) is 60.4 Å². The SMILES string of the molecule is CC1(CC(F)F)CN(C(=O)NC2CCN(C(=O)CCc3ccccc3)C2)C1. The number of urea groups is 1. The van der Waals surface area contributed by atoms with Gasteiger partial charge >= 0.3 is 6.03 Å². The number of hydrogen-bond acceptors (Lipinski definition) is 2. The molecule has 2 aliphatic rings. The average Bonchev–Trinajstić information content (AvgIpc) is 3.06. The summed E-state index contributed by atoms with van der Waals surface area (Å²) in [5.74, 6) is 0.101. The van der Waals surface area contributed by atoms with Crippen molar-refractivity contribution in [3.05, 3.63) is 35.9 Å². The van der Waals surface area contributed by atoms with Crippen molar-refractivity contribution in [3.8, 4) is 0 Å². The van der Waals surface area contributed by atoms with E-state index in [2.05, 4.69) is 5.32 Å². The molecule has 0 aliphatic carbocycles. The predicted octanol–water partition coefficient (Wildman–Crippen LogP) is 2.91. The molecule has 0 bridgehead atoms. The fourth-order valence-corrected chi connectivity index (χ4v) is 3.95. The minimum atomic E-state index is -2.34. The molecular weight excluding hydrogens is 352 g/mol. The van der Waals surface area contributed by atoms with Gasteiger partial charge in [0.25, 0.3) is 0 Å². The van der Waals surface area contributed by atoms with E-state index in [1.54, 1.807) is 16.7 Å². The first-order valence-corrected chi connectivity index (χ1v) is 9.50. The van der Waals surface area contributed by atoms with E-state index in [9.17, 15) is 18.4 Å². The molecule has 1 atom stereocenters. The molecule has 1 unspecified atom stereocenters. The highest BCUT2D eigenvalue weighted by molar-refractivity contribution is 5.78. The smallest absolute Gasteiger partial charge is 0.317 e. The van der Waals surface area contributed by atoms with Crippen LogP contribution >= 0.6 is 0 Å². The van der Waals surface area contributed by atoms with E-state index in [0.29, 0.717) is 39.0 Å². The fraction of sp³-hybridized carbons (Fsp3) is 0.600. The van der Waals surface area contributed by atoms with Gasteiger partial charge in [0.2, 0.25) is 12.3 Å². The number of nitrogens with one attached hydrogen (secondary N) is 1. The van der Waals surface area contributed by atoms with Gasteiger partial charge in [-0.2, -0.15) is 0 Å². The molecule has 27 heavy (non-hydrogen) atoms. The number of benzene rings is 1. The summed E-state index contributed by atoms with van der Waals surface area (Å²) in [4.78, 5) is 28.0. The van der Waals surface area contributed by atoms with Crippen molar-refractivity contribution >= 4 is 11.9 Å². The lowest BCUT2D eigenvalue weighted by Gasteiger charge is -2.48. The quantitative estimate of drug-likeness (QED) is 0.826. The molecule has 148 valence electrons. The molecule has 2 heterocycles. The highest BCUT2D eigenvalue weighted by atomic mass is 19.3. The van der Waals surface area contributed by atoms with Gasteiger partial charge in [0.1, 0.15) is 0 Å². The number of hydrogen-bond donors (Lipinski definition) is 1. The highest BCUT2D eigenvalue weighted by Gasteiger charge is 2.43. The topological polar surface area (TPSA) is 52.7 Å². The Morgan fingerprint density at radius 2 is 1.93 bits per heavy atom. The normalized spacial score (nSPS) is 21.3. The highest BCUT2D eigenvalue weighted by Crippen LogP contribution is 2.35. The molecule has 2 fully saturated rings. The monoisotopic (exact) mass is 379 g/mol. The van der Waals surface area contributed by atoms with Crippen molar-refractivity contribution < 1.29 is 18.4 Å². The molecule has 1 aromatic carbocycles. The van der Waals surface area contributed by atoms with Crippen molar-refractivity contribution in [1.29, 1.82) is 0 Å². The summed E-state index contributed by atoms with van der Waals surface area (Å²) >= 11 is 0. The summed E-state index contributed by atoms with van der Waals surface area (Å²) in [6.45, 7) is 3.65. The van der Waals surface area contributed by atoms with Crippen LogP contribution in [0.1, 0.15) is 31.7 Å². The third-order valence-corrected chi connectivity index (χ3v) is 5.42. The molecule has 1 N–H and O–H groups in total. The third-order valence-electron chi connectivity index (χ3n) is 5.42. The summed E-state index contributed by atoms with van der Waals surface area (Å²) in [6.07, 6.45) is -0.619. The Balaban J connectivity index is 1.38. The summed E-state index contributed by atoms with van der Waals surface area (Å²) in [5.41, 5.74) is 0.653. The van der Waals surface area contributed by atoms with Gasteiger partial charge < -0.3 is 15.1 Å². The van der Waals surface area contributed by atoms with Crippen molar-refractivity contribution in [1.82, 2.24) is 15.1 Å². The number of halogens is 2. The molecule has 0 spiro atoms. The van der Waals surface area contributed by atoms with Gasteiger partial charge in [-0.15, -0.1) is 0 Å². The zero-order chi connectivity index (χ0) is 19.4. The molecule has 0 aromatic heterocycles. The molecule has 5 nitrogen and oxygen atoms in total. The molecule has 3 amide bonds. The molecule has 0 radical (unpaired) electrons. The Morgan fingerprint density at radius 1 is 1.22 bits per heavy atom. The van der Waals surface area contributed by atoms with Gasteiger partial charge in [-0.3, -0.25) is 4.79 Å². The minimum Gasteiger partial charge on any atom is -0.341 e. The molecular formula is C20H27F2N3O2. The summed E-state index contributed by atoms with van der Waals surface area (Å²) < 4.78 is 25.1. The number of likely N-dealkylation sites (tertiary alicyclic amines) is 2. The zero-order valence-electron chi connectivity index (χ0n) is 15.7. The van der Waals surface area contributed by atoms with Gasteiger partial charge in [0.05, 0.1) is 0 Å². The van der Waals surface area contributed by atoms with Crippen LogP contribution in [0.2, 0.25) is 0 Å². The Bertz CT molecular complexity index is 662. The molecule has 2 aliphatic heterocycles. The van der Waals surface area contributed by atoms with Crippen LogP contribution in [0.4, 0.5) is 13.6 Å². The van der Waals surface area contributed by atoms with Crippen LogP contribution in [0.25, 0.3) is 0 Å². The number of aryl methyl sites for hydroxylation is 1. The third kappa shape index (κ3) is 5.17. The Morgan fingerprint density at radius 3 is 2.59 bits per heavy atom. The molecule has 7 heteroatoms. The van der Waals surface area contributed by atoms with Crippen LogP contribution < -0.4 is 5.32 Å². The van der Waals surface area contributed by atoms with Gasteiger partial charge in [-0.25, -0.2) is 13.6 Å². The van der Waals surface area contributed by atoms with E-state index >= 15 is 0 Å². The molecule has 1 aromatic rings. The number of nitrogens with zero attached hydrogens (tertiary/aromatic N) is 2. The zero-order valence-corrected chi connectivity index (χ0v) is 15.7. The maximum Gasteiger partial charge on any atom is 0.317 e. The molecule has 0 saturated carbocycles. The lowest BCUT2D eigenvalue weighted by molar-refractivity contribution is -0.130. The van der Waals surface area contributed by atoms with Crippen molar-refractivity contribution in [2.75, 3.05) is 26.2 Å². The Kier molecular flexibility index (Phi) is 5.97. The number of amides is 3. The first-order chi connectivity index (χ1) is 12.8. The Labute approximate surface area is 158 Å². The number of alkyl halides is 2. The summed E-state index contributed by atoms with van der Waals surface area (Å²) in [5, 5.41) is 2.94. The van der Waals surface area contributed by atoms with Crippen LogP contribution in [0, 0.1) is 5.41 Å². The van der Waals surface area contributed by atoms with Gasteiger partial charge in [0, 0.05) is 50.5 Å². The van der Waals surface area contributed by atoms with E-state index < -0.39 is 11.8 Å². The van der Waals surface area contributed by atoms with Crippen LogP contribution in [0.5, 0.6) is 0 Å². The number of carbonyl (C=O) groups is 2. The van der Waals surface area contributed by atoms with E-state index in [1.807, 2.05) is 30.3 Å². The van der Waals surface area contributed by atoms with Gasteiger partial charge in [-0.05, 0) is 18.4 Å². The fourth-order valence-electron chi connectivity index (χ4n) is 3.95. The van der Waals surface area contributed by atoms with Crippen molar-refractivity contribution in [3.63, 3.8) is 0 Å². The molecule has 3 rings (SSSR count). The van der Waals surface area contributed by atoms with Crippen LogP contribution in [-0.2, 0) is 11.2 Å². The summed E-state index contributed by atoms with van der Waals surface area (Å²) in [6, 6.07) is 9.61. The van der Waals surface area contributed by atoms with Gasteiger partial charge in [-0.1, -0.05) is 37.3 Å². The van der Waals surface area contributed by atoms with Crippen LogP contribution in [0.15, 0.2) is 30.3 Å². The van der Waals surface area contributed by atoms with Crippen molar-refractivity contribution in [2.24, 2.45) is 5.41 Å². The van der Waals surface area contributed by atoms with Gasteiger partial charge in [0.15, 0.2) is 0 Å². The lowest BCUT2D eigenvalue weighted by atomic mass is 9.79. The molecule has 2 saturated heterocycles. The second-order valence-corrected chi connectivity index (χ2v) is 8.02. The lowest BCUT2D eigenvalue weighted by Crippen LogP contribution is -2.61. The number of rotatable bonds is 6. The second kappa shape index (κ2) is 8.23. The predicted molar refractivity (Wildman–Crippen MR) is 98.6 cm³/mol. The van der Waals surface area contributed by atoms with E-state index in [-0.39, 0.29) is 24.4 Å². The average molecular weight is 379 g/mol. The van der Waals surface area contributed by atoms with E-state index in [0.717, 1.165) is 12.0 Å². The second-order valence-electron chi connectivity index (χ2n) is 8.02. The maximum atomic E-state index is 12.5. The Hall–Kier alpha value is -2.18. The summed E-state index contributed by atoms with van der Waals surface area (Å²) in [7, 11) is 0. The van der Waals surface area contributed by atoms with Crippen LogP contribution in [0.3, 0.4) is 0 Å². The van der Waals surface area contributed by atoms with E-state index in [1.165, 1.54) is 0 Å². The standard InChI is InChI=1S/C20H27F2N3O2/c1-20(11-17(21)22)13-25(14-20)19(27)23-16-9-10-24(12-16)18(26)8-7-15-5-3-2-4-6-15/h2-6,16-17H,7-14H2,1H3,(H,23,27). The first kappa shape index (κ1) is 19.6.